The molecule has 0 radical (unpaired) electrons. The van der Waals surface area contributed by atoms with Crippen molar-refractivity contribution in [1.82, 2.24) is 20.1 Å². The molecule has 0 saturated heterocycles. The van der Waals surface area contributed by atoms with E-state index in [0.29, 0.717) is 35.2 Å². The molecule has 8 nitrogen and oxygen atoms in total. The minimum atomic E-state index is -0.261. The molecule has 9 heteroatoms. The molecule has 3 heterocycles. The van der Waals surface area contributed by atoms with Crippen molar-refractivity contribution in [2.75, 3.05) is 16.8 Å². The number of hydrogen-bond acceptors (Lipinski definition) is 5. The van der Waals surface area contributed by atoms with Gasteiger partial charge in [-0.3, -0.25) is 14.3 Å². The topological polar surface area (TPSA) is 92.2 Å². The van der Waals surface area contributed by atoms with Crippen LogP contribution in [-0.2, 0) is 24.4 Å². The number of carbonyl (C=O) groups excluding carboxylic acids is 2. The third-order valence-corrected chi connectivity index (χ3v) is 5.45. The Kier molecular flexibility index (Phi) is 5.90. The maximum absolute atomic E-state index is 12.8. The van der Waals surface area contributed by atoms with Crippen molar-refractivity contribution < 1.29 is 9.59 Å². The highest BCUT2D eigenvalue weighted by Crippen LogP contribution is 2.30. The number of carbonyl (C=O) groups is 2. The van der Waals surface area contributed by atoms with Crippen molar-refractivity contribution in [3.63, 3.8) is 0 Å². The zero-order chi connectivity index (χ0) is 22.0. The lowest BCUT2D eigenvalue weighted by atomic mass is 10.1. The van der Waals surface area contributed by atoms with Gasteiger partial charge in [0, 0.05) is 36.1 Å². The second-order valence-electron chi connectivity index (χ2n) is 7.33. The lowest BCUT2D eigenvalue weighted by Crippen LogP contribution is -2.40. The van der Waals surface area contributed by atoms with Crippen molar-refractivity contribution >= 4 is 34.9 Å². The van der Waals surface area contributed by atoms with E-state index in [1.165, 1.54) is 6.20 Å². The lowest BCUT2D eigenvalue weighted by Gasteiger charge is -2.29. The molecule has 1 aromatic carbocycles. The van der Waals surface area contributed by atoms with E-state index < -0.39 is 0 Å². The highest BCUT2D eigenvalue weighted by Gasteiger charge is 2.26. The van der Waals surface area contributed by atoms with Crippen LogP contribution >= 0.6 is 11.6 Å². The number of halogens is 1. The van der Waals surface area contributed by atoms with Crippen LogP contribution in [-0.4, -0.2) is 33.1 Å². The summed E-state index contributed by atoms with van der Waals surface area (Å²) in [7, 11) is 0. The SMILES string of the molecule is CCn1cc(CNC(=O)c2cnc3c(c2)N(Cc2ccc(Cl)cc2)C(=O)CN3)c(C)n1. The van der Waals surface area contributed by atoms with Crippen molar-refractivity contribution in [3.8, 4) is 0 Å². The summed E-state index contributed by atoms with van der Waals surface area (Å²) in [5, 5.41) is 11.0. The van der Waals surface area contributed by atoms with Gasteiger partial charge in [0.1, 0.15) is 0 Å². The largest absolute Gasteiger partial charge is 0.359 e. The first-order valence-electron chi connectivity index (χ1n) is 10.0. The molecule has 2 aromatic heterocycles. The van der Waals surface area contributed by atoms with Crippen LogP contribution in [0.3, 0.4) is 0 Å². The molecule has 2 N–H and O–H groups in total. The number of anilines is 2. The quantitative estimate of drug-likeness (QED) is 0.616. The summed E-state index contributed by atoms with van der Waals surface area (Å²) in [6.45, 7) is 5.59. The number of aryl methyl sites for hydroxylation is 2. The van der Waals surface area contributed by atoms with Gasteiger partial charge in [0.15, 0.2) is 5.82 Å². The summed E-state index contributed by atoms with van der Waals surface area (Å²) in [6.07, 6.45) is 3.44. The molecule has 0 atom stereocenters. The highest BCUT2D eigenvalue weighted by atomic mass is 35.5. The van der Waals surface area contributed by atoms with Gasteiger partial charge < -0.3 is 15.5 Å². The molecule has 0 spiro atoms. The Morgan fingerprint density at radius 3 is 2.77 bits per heavy atom. The standard InChI is InChI=1S/C22H23ClN6O2/c1-3-28-13-17(14(2)27-28)10-26-22(31)16-8-19-21(24-9-16)25-11-20(30)29(19)12-15-4-6-18(23)7-5-15/h4-9,13H,3,10-12H2,1-2H3,(H,24,25)(H,26,31). The maximum atomic E-state index is 12.8. The van der Waals surface area contributed by atoms with Crippen molar-refractivity contribution in [2.24, 2.45) is 0 Å². The number of hydrogen-bond donors (Lipinski definition) is 2. The first kappa shape index (κ1) is 20.9. The Morgan fingerprint density at radius 2 is 2.06 bits per heavy atom. The summed E-state index contributed by atoms with van der Waals surface area (Å²) < 4.78 is 1.84. The van der Waals surface area contributed by atoms with Crippen LogP contribution in [0.1, 0.15) is 34.1 Å². The highest BCUT2D eigenvalue weighted by molar-refractivity contribution is 6.30. The molecule has 2 amide bonds. The van der Waals surface area contributed by atoms with Crippen molar-refractivity contribution in [3.05, 3.63) is 70.1 Å². The number of pyridine rings is 1. The number of rotatable bonds is 6. The van der Waals surface area contributed by atoms with Gasteiger partial charge >= 0.3 is 0 Å². The van der Waals surface area contributed by atoms with Crippen LogP contribution in [0.5, 0.6) is 0 Å². The van der Waals surface area contributed by atoms with Crippen LogP contribution in [0.4, 0.5) is 11.5 Å². The van der Waals surface area contributed by atoms with E-state index in [9.17, 15) is 9.59 Å². The smallest absolute Gasteiger partial charge is 0.253 e. The Labute approximate surface area is 185 Å². The minimum absolute atomic E-state index is 0.0931. The van der Waals surface area contributed by atoms with E-state index in [2.05, 4.69) is 20.7 Å². The first-order valence-corrected chi connectivity index (χ1v) is 10.4. The third kappa shape index (κ3) is 4.54. The molecule has 1 aliphatic rings. The first-order chi connectivity index (χ1) is 14.9. The van der Waals surface area contributed by atoms with E-state index in [-0.39, 0.29) is 18.4 Å². The Morgan fingerprint density at radius 1 is 1.29 bits per heavy atom. The molecular weight excluding hydrogens is 416 g/mol. The monoisotopic (exact) mass is 438 g/mol. The summed E-state index contributed by atoms with van der Waals surface area (Å²) >= 11 is 5.96. The van der Waals surface area contributed by atoms with E-state index in [0.717, 1.165) is 23.4 Å². The number of benzene rings is 1. The van der Waals surface area contributed by atoms with E-state index in [1.807, 2.05) is 36.9 Å². The average molecular weight is 439 g/mol. The van der Waals surface area contributed by atoms with Gasteiger partial charge in [0.2, 0.25) is 5.91 Å². The molecule has 1 aliphatic heterocycles. The van der Waals surface area contributed by atoms with E-state index in [4.69, 9.17) is 11.6 Å². The second-order valence-corrected chi connectivity index (χ2v) is 7.77. The molecule has 160 valence electrons. The van der Waals surface area contributed by atoms with Gasteiger partial charge in [-0.25, -0.2) is 4.98 Å². The molecule has 0 bridgehead atoms. The van der Waals surface area contributed by atoms with Crippen molar-refractivity contribution in [2.45, 2.75) is 33.5 Å². The second kappa shape index (κ2) is 8.77. The van der Waals surface area contributed by atoms with Gasteiger partial charge in [-0.15, -0.1) is 0 Å². The number of nitrogens with zero attached hydrogens (tertiary/aromatic N) is 4. The van der Waals surface area contributed by atoms with Crippen LogP contribution in [0, 0.1) is 6.92 Å². The summed E-state index contributed by atoms with van der Waals surface area (Å²) in [4.78, 5) is 31.3. The molecule has 0 unspecified atom stereocenters. The van der Waals surface area contributed by atoms with Gasteiger partial charge in [-0.05, 0) is 37.6 Å². The van der Waals surface area contributed by atoms with Gasteiger partial charge in [-0.1, -0.05) is 23.7 Å². The minimum Gasteiger partial charge on any atom is -0.359 e. The van der Waals surface area contributed by atoms with Crippen LogP contribution in [0.15, 0.2) is 42.7 Å². The number of fused-ring (bicyclic) bond motifs is 1. The molecule has 0 fully saturated rings. The molecule has 0 aliphatic carbocycles. The third-order valence-electron chi connectivity index (χ3n) is 5.19. The zero-order valence-electron chi connectivity index (χ0n) is 17.4. The Balaban J connectivity index is 1.53. The maximum Gasteiger partial charge on any atom is 0.253 e. The van der Waals surface area contributed by atoms with Crippen molar-refractivity contribution in [1.29, 1.82) is 0 Å². The van der Waals surface area contributed by atoms with Gasteiger partial charge in [0.25, 0.3) is 5.91 Å². The van der Waals surface area contributed by atoms with Crippen LogP contribution in [0.25, 0.3) is 0 Å². The fourth-order valence-electron chi connectivity index (χ4n) is 3.43. The summed E-state index contributed by atoms with van der Waals surface area (Å²) in [6, 6.07) is 9.02. The van der Waals surface area contributed by atoms with Crippen LogP contribution in [0.2, 0.25) is 5.02 Å². The normalized spacial score (nSPS) is 13.0. The van der Waals surface area contributed by atoms with E-state index >= 15 is 0 Å². The van der Waals surface area contributed by atoms with Crippen LogP contribution < -0.4 is 15.5 Å². The Bertz CT molecular complexity index is 1130. The van der Waals surface area contributed by atoms with Gasteiger partial charge in [-0.2, -0.15) is 5.10 Å². The predicted octanol–water partition coefficient (Wildman–Crippen LogP) is 3.15. The number of nitrogens with one attached hydrogen (secondary N) is 2. The fourth-order valence-corrected chi connectivity index (χ4v) is 3.55. The summed E-state index contributed by atoms with van der Waals surface area (Å²) in [5.41, 5.74) is 3.74. The number of amides is 2. The molecule has 31 heavy (non-hydrogen) atoms. The zero-order valence-corrected chi connectivity index (χ0v) is 18.1. The molecule has 3 aromatic rings. The summed E-state index contributed by atoms with van der Waals surface area (Å²) in [5.74, 6) is 0.220. The average Bonchev–Trinajstić information content (AvgIpc) is 3.14. The molecule has 0 saturated carbocycles. The fraction of sp³-hybridized carbons (Fsp3) is 0.273. The Hall–Kier alpha value is -3.39. The number of aromatic nitrogens is 3. The predicted molar refractivity (Wildman–Crippen MR) is 119 cm³/mol. The molecular formula is C22H23ClN6O2. The lowest BCUT2D eigenvalue weighted by molar-refractivity contribution is -0.117. The van der Waals surface area contributed by atoms with E-state index in [1.54, 1.807) is 23.1 Å². The molecule has 4 rings (SSSR count). The van der Waals surface area contributed by atoms with Gasteiger partial charge in [0.05, 0.1) is 30.0 Å².